The SMILES string of the molecule is CCS(=O)(=O)c1cccc(Oc2ccc(-n3c(C)nc4c(C(F)(F)F)cccc43)c(C)c2)c1. The monoisotopic (exact) mass is 474 g/mol. The van der Waals surface area contributed by atoms with Crippen LogP contribution in [-0.4, -0.2) is 23.7 Å². The number of fused-ring (bicyclic) bond motifs is 1. The number of aryl methyl sites for hydroxylation is 2. The third-order valence-electron chi connectivity index (χ3n) is 5.35. The van der Waals surface area contributed by atoms with Crippen molar-refractivity contribution in [2.75, 3.05) is 5.75 Å². The number of ether oxygens (including phenoxy) is 1. The first-order valence-corrected chi connectivity index (χ1v) is 11.8. The quantitative estimate of drug-likeness (QED) is 0.343. The van der Waals surface area contributed by atoms with Crippen LogP contribution < -0.4 is 4.74 Å². The number of hydrogen-bond acceptors (Lipinski definition) is 4. The molecule has 0 fully saturated rings. The minimum absolute atomic E-state index is 0.0154. The highest BCUT2D eigenvalue weighted by Crippen LogP contribution is 2.36. The Kier molecular flexibility index (Phi) is 5.69. The van der Waals surface area contributed by atoms with Crippen LogP contribution >= 0.6 is 0 Å². The molecule has 0 spiro atoms. The maximum atomic E-state index is 13.4. The molecule has 0 aliphatic rings. The fraction of sp³-hybridized carbons (Fsp3) is 0.208. The number of alkyl halides is 3. The van der Waals surface area contributed by atoms with Gasteiger partial charge < -0.3 is 4.74 Å². The Morgan fingerprint density at radius 3 is 2.33 bits per heavy atom. The topological polar surface area (TPSA) is 61.2 Å². The van der Waals surface area contributed by atoms with Gasteiger partial charge in [-0.25, -0.2) is 13.4 Å². The molecule has 0 unspecified atom stereocenters. The van der Waals surface area contributed by atoms with Crippen LogP contribution in [0.5, 0.6) is 11.5 Å². The Hall–Kier alpha value is -3.33. The van der Waals surface area contributed by atoms with Crippen molar-refractivity contribution >= 4 is 20.9 Å². The van der Waals surface area contributed by atoms with Crippen LogP contribution in [0.25, 0.3) is 16.7 Å². The number of halogens is 3. The average molecular weight is 475 g/mol. The van der Waals surface area contributed by atoms with Crippen molar-refractivity contribution < 1.29 is 26.3 Å². The van der Waals surface area contributed by atoms with E-state index >= 15 is 0 Å². The third-order valence-corrected chi connectivity index (χ3v) is 7.08. The Labute approximate surface area is 189 Å². The minimum Gasteiger partial charge on any atom is -0.457 e. The first-order valence-electron chi connectivity index (χ1n) is 10.2. The highest BCUT2D eigenvalue weighted by atomic mass is 32.2. The zero-order chi connectivity index (χ0) is 24.0. The maximum absolute atomic E-state index is 13.4. The average Bonchev–Trinajstić information content (AvgIpc) is 3.09. The first-order chi connectivity index (χ1) is 15.5. The van der Waals surface area contributed by atoms with Crippen LogP contribution in [-0.2, 0) is 16.0 Å². The van der Waals surface area contributed by atoms with E-state index in [9.17, 15) is 21.6 Å². The third kappa shape index (κ3) is 4.32. The largest absolute Gasteiger partial charge is 0.457 e. The number of sulfone groups is 1. The van der Waals surface area contributed by atoms with Crippen molar-refractivity contribution in [3.05, 3.63) is 77.6 Å². The van der Waals surface area contributed by atoms with Crippen LogP contribution in [0.15, 0.2) is 65.6 Å². The van der Waals surface area contributed by atoms with E-state index in [1.165, 1.54) is 18.2 Å². The molecular formula is C24H21F3N2O3S. The fourth-order valence-corrected chi connectivity index (χ4v) is 4.64. The zero-order valence-electron chi connectivity index (χ0n) is 18.1. The van der Waals surface area contributed by atoms with E-state index in [4.69, 9.17) is 4.74 Å². The van der Waals surface area contributed by atoms with E-state index in [1.54, 1.807) is 54.8 Å². The molecule has 0 amide bonds. The molecule has 3 aromatic carbocycles. The molecule has 5 nitrogen and oxygen atoms in total. The Balaban J connectivity index is 1.72. The summed E-state index contributed by atoms with van der Waals surface area (Å²) in [5.74, 6) is 1.26. The van der Waals surface area contributed by atoms with Crippen molar-refractivity contribution in [1.82, 2.24) is 9.55 Å². The smallest absolute Gasteiger partial charge is 0.418 e. The lowest BCUT2D eigenvalue weighted by Crippen LogP contribution is -2.05. The molecule has 0 radical (unpaired) electrons. The highest BCUT2D eigenvalue weighted by Gasteiger charge is 2.34. The summed E-state index contributed by atoms with van der Waals surface area (Å²) < 4.78 is 72.1. The van der Waals surface area contributed by atoms with Gasteiger partial charge in [-0.1, -0.05) is 19.1 Å². The second-order valence-electron chi connectivity index (χ2n) is 7.59. The van der Waals surface area contributed by atoms with Gasteiger partial charge in [0.05, 0.1) is 27.4 Å². The minimum atomic E-state index is -4.50. The van der Waals surface area contributed by atoms with Crippen LogP contribution in [0.3, 0.4) is 0 Å². The van der Waals surface area contributed by atoms with Gasteiger partial charge in [-0.05, 0) is 67.9 Å². The maximum Gasteiger partial charge on any atom is 0.418 e. The molecule has 4 rings (SSSR count). The van der Waals surface area contributed by atoms with Gasteiger partial charge >= 0.3 is 6.18 Å². The summed E-state index contributed by atoms with van der Waals surface area (Å²) in [6.45, 7) is 5.05. The number of hydrogen-bond donors (Lipinski definition) is 0. The van der Waals surface area contributed by atoms with Gasteiger partial charge in [0, 0.05) is 0 Å². The molecule has 172 valence electrons. The fourth-order valence-electron chi connectivity index (χ4n) is 3.72. The van der Waals surface area contributed by atoms with E-state index < -0.39 is 21.6 Å². The summed E-state index contributed by atoms with van der Waals surface area (Å²) in [7, 11) is -3.37. The van der Waals surface area contributed by atoms with Gasteiger partial charge in [-0.2, -0.15) is 13.2 Å². The molecule has 9 heteroatoms. The molecule has 1 aromatic heterocycles. The lowest BCUT2D eigenvalue weighted by Gasteiger charge is -2.14. The van der Waals surface area contributed by atoms with Gasteiger partial charge in [0.1, 0.15) is 22.8 Å². The highest BCUT2D eigenvalue weighted by molar-refractivity contribution is 7.91. The lowest BCUT2D eigenvalue weighted by atomic mass is 10.1. The van der Waals surface area contributed by atoms with Crippen molar-refractivity contribution in [2.45, 2.75) is 31.8 Å². The van der Waals surface area contributed by atoms with Crippen molar-refractivity contribution in [1.29, 1.82) is 0 Å². The predicted molar refractivity (Wildman–Crippen MR) is 120 cm³/mol. The molecule has 0 aliphatic carbocycles. The van der Waals surface area contributed by atoms with Gasteiger partial charge in [0.2, 0.25) is 0 Å². The number of nitrogens with zero attached hydrogens (tertiary/aromatic N) is 2. The Morgan fingerprint density at radius 1 is 0.970 bits per heavy atom. The normalized spacial score (nSPS) is 12.3. The van der Waals surface area contributed by atoms with Gasteiger partial charge in [0.25, 0.3) is 0 Å². The zero-order valence-corrected chi connectivity index (χ0v) is 19.0. The molecule has 0 aliphatic heterocycles. The summed E-state index contributed by atoms with van der Waals surface area (Å²) >= 11 is 0. The van der Waals surface area contributed by atoms with E-state index in [0.29, 0.717) is 28.5 Å². The molecule has 0 bridgehead atoms. The van der Waals surface area contributed by atoms with Crippen LogP contribution in [0.4, 0.5) is 13.2 Å². The second-order valence-corrected chi connectivity index (χ2v) is 9.87. The number of benzene rings is 3. The molecule has 0 N–H and O–H groups in total. The predicted octanol–water partition coefficient (Wildman–Crippen LogP) is 6.25. The molecule has 0 atom stereocenters. The number of rotatable bonds is 5. The van der Waals surface area contributed by atoms with Crippen molar-refractivity contribution in [2.24, 2.45) is 0 Å². The summed E-state index contributed by atoms with van der Waals surface area (Å²) in [5.41, 5.74) is 0.905. The van der Waals surface area contributed by atoms with E-state index in [1.807, 2.05) is 6.92 Å². The summed E-state index contributed by atoms with van der Waals surface area (Å²) in [4.78, 5) is 4.36. The number of para-hydroxylation sites is 1. The van der Waals surface area contributed by atoms with Crippen molar-refractivity contribution in [3.8, 4) is 17.2 Å². The standard InChI is InChI=1S/C24H21F3N2O3S/c1-4-33(30,31)19-8-5-7-17(14-19)32-18-11-12-21(15(2)13-18)29-16(3)28-23-20(24(25,26)27)9-6-10-22(23)29/h5-14H,4H2,1-3H3. The Morgan fingerprint density at radius 2 is 1.67 bits per heavy atom. The first kappa shape index (κ1) is 22.8. The van der Waals surface area contributed by atoms with Gasteiger partial charge in [-0.3, -0.25) is 4.57 Å². The number of imidazole rings is 1. The van der Waals surface area contributed by atoms with Crippen LogP contribution in [0.2, 0.25) is 0 Å². The van der Waals surface area contributed by atoms with Gasteiger partial charge in [0.15, 0.2) is 9.84 Å². The molecule has 0 saturated heterocycles. The van der Waals surface area contributed by atoms with E-state index in [0.717, 1.165) is 11.6 Å². The lowest BCUT2D eigenvalue weighted by molar-refractivity contribution is -0.136. The van der Waals surface area contributed by atoms with Crippen LogP contribution in [0, 0.1) is 13.8 Å². The summed E-state index contributed by atoms with van der Waals surface area (Å²) in [6.07, 6.45) is -4.50. The van der Waals surface area contributed by atoms with Gasteiger partial charge in [-0.15, -0.1) is 0 Å². The summed E-state index contributed by atoms with van der Waals surface area (Å²) in [5, 5.41) is 0. The van der Waals surface area contributed by atoms with E-state index in [2.05, 4.69) is 4.98 Å². The molecule has 4 aromatic rings. The van der Waals surface area contributed by atoms with E-state index in [-0.39, 0.29) is 16.2 Å². The number of aromatic nitrogens is 2. The molecule has 0 saturated carbocycles. The summed E-state index contributed by atoms with van der Waals surface area (Å²) in [6, 6.07) is 15.4. The second kappa shape index (κ2) is 8.22. The van der Waals surface area contributed by atoms with Crippen LogP contribution in [0.1, 0.15) is 23.9 Å². The van der Waals surface area contributed by atoms with Crippen molar-refractivity contribution in [3.63, 3.8) is 0 Å². The molecular weight excluding hydrogens is 453 g/mol. The molecule has 1 heterocycles. The Bertz CT molecular complexity index is 1460. The molecule has 33 heavy (non-hydrogen) atoms.